The van der Waals surface area contributed by atoms with Crippen LogP contribution in [0.25, 0.3) is 0 Å². The van der Waals surface area contributed by atoms with Crippen molar-refractivity contribution in [3.63, 3.8) is 0 Å². The van der Waals surface area contributed by atoms with Gasteiger partial charge in [-0.05, 0) is 20.8 Å². The van der Waals surface area contributed by atoms with Gasteiger partial charge in [0.15, 0.2) is 0 Å². The first kappa shape index (κ1) is 8.04. The summed E-state index contributed by atoms with van der Waals surface area (Å²) in [7, 11) is 0. The molecule has 1 atom stereocenters. The largest absolute Gasteiger partial charge is 0.450 e. The molecule has 0 bridgehead atoms. The maximum Gasteiger partial charge on any atom is 0.418 e. The van der Waals surface area contributed by atoms with Crippen molar-refractivity contribution in [2.24, 2.45) is 0 Å². The highest BCUT2D eigenvalue weighted by Crippen LogP contribution is 2.22. The molecule has 4 heteroatoms. The number of esters is 2. The summed E-state index contributed by atoms with van der Waals surface area (Å²) < 4.78 is 9.48. The molecule has 1 unspecified atom stereocenters. The lowest BCUT2D eigenvalue weighted by Gasteiger charge is -2.34. The monoisotopic (exact) mass is 158 g/mol. The normalized spacial score (nSPS) is 29.2. The van der Waals surface area contributed by atoms with E-state index < -0.39 is 17.5 Å². The van der Waals surface area contributed by atoms with E-state index in [1.165, 1.54) is 0 Å². The van der Waals surface area contributed by atoms with Crippen molar-refractivity contribution in [1.82, 2.24) is 0 Å². The lowest BCUT2D eigenvalue weighted by Crippen LogP contribution is -2.49. The van der Waals surface area contributed by atoms with Gasteiger partial charge in [0.2, 0.25) is 0 Å². The third kappa shape index (κ3) is 1.34. The summed E-state index contributed by atoms with van der Waals surface area (Å²) in [5.74, 6) is -1.81. The predicted molar refractivity (Wildman–Crippen MR) is 35.7 cm³/mol. The Morgan fingerprint density at radius 3 is 2.27 bits per heavy atom. The Labute approximate surface area is 64.5 Å². The van der Waals surface area contributed by atoms with Crippen molar-refractivity contribution >= 4 is 11.9 Å². The van der Waals surface area contributed by atoms with Gasteiger partial charge in [0.05, 0.1) is 0 Å². The lowest BCUT2D eigenvalue weighted by molar-refractivity contribution is -0.206. The molecule has 11 heavy (non-hydrogen) atoms. The van der Waals surface area contributed by atoms with Crippen molar-refractivity contribution in [2.75, 3.05) is 0 Å². The van der Waals surface area contributed by atoms with Crippen molar-refractivity contribution in [2.45, 2.75) is 32.5 Å². The molecule has 0 aromatic carbocycles. The third-order valence-corrected chi connectivity index (χ3v) is 1.79. The second-order valence-corrected chi connectivity index (χ2v) is 3.04. The maximum absolute atomic E-state index is 10.7. The molecule has 62 valence electrons. The van der Waals surface area contributed by atoms with E-state index in [1.54, 1.807) is 20.8 Å². The van der Waals surface area contributed by atoms with Crippen LogP contribution in [-0.4, -0.2) is 23.6 Å². The summed E-state index contributed by atoms with van der Waals surface area (Å²) in [4.78, 5) is 21.3. The second kappa shape index (κ2) is 2.22. The maximum atomic E-state index is 10.7. The van der Waals surface area contributed by atoms with Crippen LogP contribution >= 0.6 is 0 Å². The molecule has 0 aromatic rings. The van der Waals surface area contributed by atoms with Crippen LogP contribution in [0.15, 0.2) is 0 Å². The molecule has 1 saturated heterocycles. The molecule has 0 aromatic heterocycles. The van der Waals surface area contributed by atoms with Gasteiger partial charge in [-0.25, -0.2) is 9.59 Å². The van der Waals surface area contributed by atoms with Crippen LogP contribution in [0.4, 0.5) is 0 Å². The van der Waals surface area contributed by atoms with E-state index in [0.29, 0.717) is 0 Å². The minimum absolute atomic E-state index is 0.382. The Morgan fingerprint density at radius 2 is 1.82 bits per heavy atom. The minimum Gasteiger partial charge on any atom is -0.450 e. The summed E-state index contributed by atoms with van der Waals surface area (Å²) in [5, 5.41) is 0. The number of hydrogen-bond donors (Lipinski definition) is 0. The van der Waals surface area contributed by atoms with E-state index in [-0.39, 0.29) is 6.10 Å². The number of carbonyl (C=O) groups excluding carboxylic acids is 2. The number of carbonyl (C=O) groups is 2. The zero-order chi connectivity index (χ0) is 8.65. The summed E-state index contributed by atoms with van der Waals surface area (Å²) in [6.07, 6.45) is -0.382. The number of rotatable bonds is 0. The summed E-state index contributed by atoms with van der Waals surface area (Å²) in [6.45, 7) is 5.08. The Balaban J connectivity index is 2.78. The van der Waals surface area contributed by atoms with Crippen LogP contribution in [-0.2, 0) is 19.1 Å². The molecule has 4 nitrogen and oxygen atoms in total. The molecule has 0 spiro atoms. The molecule has 0 aliphatic carbocycles. The van der Waals surface area contributed by atoms with Gasteiger partial charge in [-0.2, -0.15) is 0 Å². The highest BCUT2D eigenvalue weighted by Gasteiger charge is 2.41. The van der Waals surface area contributed by atoms with Gasteiger partial charge in [0.25, 0.3) is 0 Å². The van der Waals surface area contributed by atoms with Gasteiger partial charge in [0, 0.05) is 0 Å². The van der Waals surface area contributed by atoms with Crippen LogP contribution in [0.5, 0.6) is 0 Å². The van der Waals surface area contributed by atoms with E-state index in [0.717, 1.165) is 0 Å². The highest BCUT2D eigenvalue weighted by atomic mass is 16.7. The number of hydrogen-bond acceptors (Lipinski definition) is 4. The van der Waals surface area contributed by atoms with Gasteiger partial charge in [0.1, 0.15) is 11.7 Å². The molecule has 1 aliphatic rings. The average molecular weight is 158 g/mol. The first-order valence-corrected chi connectivity index (χ1v) is 3.37. The minimum atomic E-state index is -0.909. The zero-order valence-corrected chi connectivity index (χ0v) is 6.71. The Morgan fingerprint density at radius 1 is 1.27 bits per heavy atom. The quantitative estimate of drug-likeness (QED) is 0.374. The van der Waals surface area contributed by atoms with Gasteiger partial charge < -0.3 is 9.47 Å². The van der Waals surface area contributed by atoms with E-state index in [2.05, 4.69) is 0 Å². The molecule has 0 saturated carbocycles. The van der Waals surface area contributed by atoms with Crippen molar-refractivity contribution in [3.05, 3.63) is 0 Å². The molecule has 1 aliphatic heterocycles. The molecule has 0 amide bonds. The molecular weight excluding hydrogens is 148 g/mol. The Kier molecular flexibility index (Phi) is 1.62. The Hall–Kier alpha value is -1.06. The summed E-state index contributed by atoms with van der Waals surface area (Å²) in [5.41, 5.74) is -0.703. The molecule has 1 fully saturated rings. The average Bonchev–Trinajstić information content (AvgIpc) is 1.83. The van der Waals surface area contributed by atoms with Crippen LogP contribution in [0.1, 0.15) is 20.8 Å². The summed E-state index contributed by atoms with van der Waals surface area (Å²) >= 11 is 0. The smallest absolute Gasteiger partial charge is 0.418 e. The fourth-order valence-corrected chi connectivity index (χ4v) is 0.714. The van der Waals surface area contributed by atoms with E-state index in [1.807, 2.05) is 0 Å². The van der Waals surface area contributed by atoms with Crippen LogP contribution in [0.2, 0.25) is 0 Å². The van der Waals surface area contributed by atoms with Gasteiger partial charge in [-0.3, -0.25) is 0 Å². The number of ether oxygens (including phenoxy) is 2. The summed E-state index contributed by atoms with van der Waals surface area (Å²) in [6, 6.07) is 0. The highest BCUT2D eigenvalue weighted by molar-refractivity contribution is 6.30. The van der Waals surface area contributed by atoms with Crippen molar-refractivity contribution in [1.29, 1.82) is 0 Å². The molecular formula is C7H10O4. The van der Waals surface area contributed by atoms with E-state index in [9.17, 15) is 9.59 Å². The fourth-order valence-electron chi connectivity index (χ4n) is 0.714. The van der Waals surface area contributed by atoms with E-state index in [4.69, 9.17) is 9.47 Å². The van der Waals surface area contributed by atoms with Gasteiger partial charge in [-0.15, -0.1) is 0 Å². The fraction of sp³-hybridized carbons (Fsp3) is 0.714. The van der Waals surface area contributed by atoms with Gasteiger partial charge in [-0.1, -0.05) is 0 Å². The predicted octanol–water partition coefficient (Wildman–Crippen LogP) is 0.253. The van der Waals surface area contributed by atoms with Crippen LogP contribution < -0.4 is 0 Å². The molecule has 1 heterocycles. The Bertz CT molecular complexity index is 206. The second-order valence-electron chi connectivity index (χ2n) is 3.04. The zero-order valence-electron chi connectivity index (χ0n) is 6.71. The lowest BCUT2D eigenvalue weighted by atomic mass is 10.0. The van der Waals surface area contributed by atoms with E-state index >= 15 is 0 Å². The van der Waals surface area contributed by atoms with Gasteiger partial charge >= 0.3 is 11.9 Å². The molecule has 1 rings (SSSR count). The topological polar surface area (TPSA) is 52.6 Å². The SMILES string of the molecule is CC1OC(=O)C(=O)OC1(C)C. The standard InChI is InChI=1S/C7H10O4/c1-4-7(2,3)11-6(9)5(8)10-4/h4H,1-3H3. The first-order chi connectivity index (χ1) is 4.93. The third-order valence-electron chi connectivity index (χ3n) is 1.79. The molecule has 0 radical (unpaired) electrons. The molecule has 0 N–H and O–H groups in total. The van der Waals surface area contributed by atoms with Crippen molar-refractivity contribution in [3.8, 4) is 0 Å². The van der Waals surface area contributed by atoms with Crippen molar-refractivity contribution < 1.29 is 19.1 Å². The first-order valence-electron chi connectivity index (χ1n) is 3.37. The van der Waals surface area contributed by atoms with Crippen LogP contribution in [0, 0.1) is 0 Å². The number of cyclic esters (lactones) is 2. The van der Waals surface area contributed by atoms with Crippen LogP contribution in [0.3, 0.4) is 0 Å².